The van der Waals surface area contributed by atoms with Crippen molar-refractivity contribution in [2.24, 2.45) is 0 Å². The van der Waals surface area contributed by atoms with Crippen LogP contribution in [0.25, 0.3) is 23.0 Å². The Morgan fingerprint density at radius 1 is 1.05 bits per heavy atom. The van der Waals surface area contributed by atoms with Gasteiger partial charge in [0.1, 0.15) is 17.4 Å². The standard InChI is InChI=1S/C29H28N4O4/c1-19(2)37-24-12-10-21(11-13-24)27-22(18-33(31-27)23-8-6-5-7-9-23)16-25-20(3)26(17-30)29(35)32(28(25)34)14-15-36-4/h5-13,16,18-19H,14-15H2,1-4H3/b25-16+. The van der Waals surface area contributed by atoms with E-state index in [1.165, 1.54) is 7.11 Å². The van der Waals surface area contributed by atoms with E-state index in [0.717, 1.165) is 21.9 Å². The first-order valence-electron chi connectivity index (χ1n) is 11.9. The van der Waals surface area contributed by atoms with E-state index in [-0.39, 0.29) is 30.4 Å². The highest BCUT2D eigenvalue weighted by Crippen LogP contribution is 2.32. The van der Waals surface area contributed by atoms with Crippen molar-refractivity contribution >= 4 is 17.9 Å². The number of rotatable bonds is 8. The molecule has 0 saturated heterocycles. The lowest BCUT2D eigenvalue weighted by Gasteiger charge is -2.27. The van der Waals surface area contributed by atoms with E-state index in [2.05, 4.69) is 0 Å². The summed E-state index contributed by atoms with van der Waals surface area (Å²) in [7, 11) is 1.49. The molecule has 0 bridgehead atoms. The predicted molar refractivity (Wildman–Crippen MR) is 140 cm³/mol. The second-order valence-electron chi connectivity index (χ2n) is 8.83. The largest absolute Gasteiger partial charge is 0.491 e. The zero-order valence-electron chi connectivity index (χ0n) is 21.3. The highest BCUT2D eigenvalue weighted by molar-refractivity contribution is 6.19. The van der Waals surface area contributed by atoms with E-state index >= 15 is 0 Å². The van der Waals surface area contributed by atoms with Crippen LogP contribution < -0.4 is 4.74 Å². The van der Waals surface area contributed by atoms with Crippen LogP contribution in [-0.2, 0) is 14.3 Å². The van der Waals surface area contributed by atoms with Crippen LogP contribution in [-0.4, -0.2) is 52.9 Å². The minimum Gasteiger partial charge on any atom is -0.491 e. The summed E-state index contributed by atoms with van der Waals surface area (Å²) in [6.45, 7) is 5.77. The quantitative estimate of drug-likeness (QED) is 0.335. The van der Waals surface area contributed by atoms with E-state index in [9.17, 15) is 14.9 Å². The third-order valence-electron chi connectivity index (χ3n) is 5.91. The van der Waals surface area contributed by atoms with Crippen molar-refractivity contribution < 1.29 is 19.1 Å². The Hall–Kier alpha value is -4.48. The van der Waals surface area contributed by atoms with Gasteiger partial charge in [-0.25, -0.2) is 4.68 Å². The lowest BCUT2D eigenvalue weighted by Crippen LogP contribution is -2.44. The maximum absolute atomic E-state index is 13.4. The number of aromatic nitrogens is 2. The average Bonchev–Trinajstić information content (AvgIpc) is 3.31. The Balaban J connectivity index is 1.85. The molecule has 8 nitrogen and oxygen atoms in total. The van der Waals surface area contributed by atoms with Crippen LogP contribution in [0.2, 0.25) is 0 Å². The summed E-state index contributed by atoms with van der Waals surface area (Å²) in [6.07, 6.45) is 3.58. The smallest absolute Gasteiger partial charge is 0.271 e. The van der Waals surface area contributed by atoms with Gasteiger partial charge < -0.3 is 9.47 Å². The van der Waals surface area contributed by atoms with Gasteiger partial charge in [-0.05, 0) is 68.8 Å². The van der Waals surface area contributed by atoms with Crippen molar-refractivity contribution in [1.82, 2.24) is 14.7 Å². The van der Waals surface area contributed by atoms with Gasteiger partial charge in [0.25, 0.3) is 11.8 Å². The minimum absolute atomic E-state index is 0.0496. The molecule has 0 aliphatic carbocycles. The van der Waals surface area contributed by atoms with Gasteiger partial charge in [0.2, 0.25) is 0 Å². The second-order valence-corrected chi connectivity index (χ2v) is 8.83. The van der Waals surface area contributed by atoms with E-state index in [0.29, 0.717) is 16.8 Å². The number of nitrogens with zero attached hydrogens (tertiary/aromatic N) is 4. The van der Waals surface area contributed by atoms with Crippen LogP contribution in [0, 0.1) is 11.3 Å². The Morgan fingerprint density at radius 3 is 2.38 bits per heavy atom. The summed E-state index contributed by atoms with van der Waals surface area (Å²) in [5, 5.41) is 14.5. The van der Waals surface area contributed by atoms with E-state index in [1.807, 2.05) is 80.7 Å². The summed E-state index contributed by atoms with van der Waals surface area (Å²) >= 11 is 0. The van der Waals surface area contributed by atoms with E-state index in [1.54, 1.807) is 17.7 Å². The Labute approximate surface area is 216 Å². The maximum atomic E-state index is 13.4. The molecule has 3 aromatic rings. The number of hydrogen-bond acceptors (Lipinski definition) is 6. The molecule has 37 heavy (non-hydrogen) atoms. The first-order valence-corrected chi connectivity index (χ1v) is 11.9. The molecule has 8 heteroatoms. The van der Waals surface area contributed by atoms with Gasteiger partial charge in [0, 0.05) is 30.0 Å². The molecule has 0 fully saturated rings. The van der Waals surface area contributed by atoms with Crippen molar-refractivity contribution in [3.8, 4) is 28.8 Å². The first-order chi connectivity index (χ1) is 17.8. The fourth-order valence-corrected chi connectivity index (χ4v) is 4.06. The van der Waals surface area contributed by atoms with E-state index in [4.69, 9.17) is 14.6 Å². The number of ether oxygens (including phenoxy) is 2. The van der Waals surface area contributed by atoms with Crippen molar-refractivity contribution in [3.63, 3.8) is 0 Å². The van der Waals surface area contributed by atoms with Crippen LogP contribution in [0.15, 0.2) is 77.5 Å². The zero-order chi connectivity index (χ0) is 26.5. The molecule has 0 unspecified atom stereocenters. The second kappa shape index (κ2) is 11.1. The summed E-state index contributed by atoms with van der Waals surface area (Å²) in [4.78, 5) is 27.2. The number of imide groups is 1. The number of benzene rings is 2. The van der Waals surface area contributed by atoms with Crippen LogP contribution in [0.3, 0.4) is 0 Å². The lowest BCUT2D eigenvalue weighted by molar-refractivity contribution is -0.141. The van der Waals surface area contributed by atoms with Gasteiger partial charge in [0.05, 0.1) is 30.6 Å². The van der Waals surface area contributed by atoms with Crippen molar-refractivity contribution in [2.45, 2.75) is 26.9 Å². The SMILES string of the molecule is COCCN1C(=O)C(C#N)=C(C)/C(=C\c2cn(-c3ccccc3)nc2-c2ccc(OC(C)C)cc2)C1=O. The summed E-state index contributed by atoms with van der Waals surface area (Å²) in [5.74, 6) is -0.342. The Morgan fingerprint density at radius 2 is 1.76 bits per heavy atom. The summed E-state index contributed by atoms with van der Waals surface area (Å²) in [5.41, 5.74) is 3.54. The molecule has 0 saturated carbocycles. The topological polar surface area (TPSA) is 97.5 Å². The summed E-state index contributed by atoms with van der Waals surface area (Å²) in [6, 6.07) is 19.2. The number of carbonyl (C=O) groups excluding carboxylic acids is 2. The first kappa shape index (κ1) is 25.6. The molecule has 2 heterocycles. The van der Waals surface area contributed by atoms with Crippen LogP contribution >= 0.6 is 0 Å². The van der Waals surface area contributed by atoms with Gasteiger partial charge in [0.15, 0.2) is 0 Å². The van der Waals surface area contributed by atoms with Crippen molar-refractivity contribution in [1.29, 1.82) is 5.26 Å². The molecule has 0 radical (unpaired) electrons. The molecule has 1 aliphatic heterocycles. The molecular weight excluding hydrogens is 468 g/mol. The van der Waals surface area contributed by atoms with Crippen LogP contribution in [0.4, 0.5) is 0 Å². The summed E-state index contributed by atoms with van der Waals surface area (Å²) < 4.78 is 12.6. The van der Waals surface area contributed by atoms with Gasteiger partial charge in [-0.1, -0.05) is 18.2 Å². The fourth-order valence-electron chi connectivity index (χ4n) is 4.06. The van der Waals surface area contributed by atoms with Crippen LogP contribution in [0.5, 0.6) is 5.75 Å². The Kier molecular flexibility index (Phi) is 7.66. The molecule has 2 aromatic carbocycles. The Bertz CT molecular complexity index is 1410. The highest BCUT2D eigenvalue weighted by Gasteiger charge is 2.35. The molecule has 188 valence electrons. The molecule has 0 atom stereocenters. The lowest BCUT2D eigenvalue weighted by atomic mass is 9.93. The van der Waals surface area contributed by atoms with Crippen molar-refractivity contribution in [2.75, 3.05) is 20.3 Å². The molecule has 1 aliphatic rings. The van der Waals surface area contributed by atoms with Crippen molar-refractivity contribution in [3.05, 3.63) is 83.1 Å². The molecule has 4 rings (SSSR count). The number of amides is 2. The van der Waals surface area contributed by atoms with Crippen LogP contribution in [0.1, 0.15) is 26.3 Å². The normalized spacial score (nSPS) is 15.0. The zero-order valence-corrected chi connectivity index (χ0v) is 21.3. The minimum atomic E-state index is -0.611. The van der Waals surface area contributed by atoms with Gasteiger partial charge >= 0.3 is 0 Å². The average molecular weight is 497 g/mol. The van der Waals surface area contributed by atoms with E-state index < -0.39 is 11.8 Å². The van der Waals surface area contributed by atoms with Gasteiger partial charge in [-0.3, -0.25) is 14.5 Å². The fraction of sp³-hybridized carbons (Fsp3) is 0.241. The molecule has 0 spiro atoms. The number of hydrogen-bond donors (Lipinski definition) is 0. The molecule has 2 amide bonds. The molecular formula is C29H28N4O4. The molecule has 0 N–H and O–H groups in total. The number of carbonyl (C=O) groups is 2. The highest BCUT2D eigenvalue weighted by atomic mass is 16.5. The monoisotopic (exact) mass is 496 g/mol. The number of nitriles is 1. The number of para-hydroxylation sites is 1. The third kappa shape index (κ3) is 5.37. The van der Waals surface area contributed by atoms with Gasteiger partial charge in [-0.2, -0.15) is 10.4 Å². The number of methoxy groups -OCH3 is 1. The van der Waals surface area contributed by atoms with Gasteiger partial charge in [-0.15, -0.1) is 0 Å². The maximum Gasteiger partial charge on any atom is 0.271 e. The third-order valence-corrected chi connectivity index (χ3v) is 5.91. The molecule has 1 aromatic heterocycles. The predicted octanol–water partition coefficient (Wildman–Crippen LogP) is 4.57.